The number of aromatic nitrogens is 2. The molecule has 3 heterocycles. The molecule has 280 valence electrons. The Hall–Kier alpha value is -6.75. The summed E-state index contributed by atoms with van der Waals surface area (Å²) in [6.07, 6.45) is 0. The van der Waals surface area contributed by atoms with Gasteiger partial charge < -0.3 is 9.13 Å². The molecule has 0 unspecified atom stereocenters. The van der Waals surface area contributed by atoms with Crippen molar-refractivity contribution in [3.05, 3.63) is 164 Å². The minimum Gasteiger partial charge on any atom is -0.311 e. The van der Waals surface area contributed by atoms with Gasteiger partial charge in [0.1, 0.15) is 54.9 Å². The summed E-state index contributed by atoms with van der Waals surface area (Å²) in [5.74, 6) is 0. The van der Waals surface area contributed by atoms with Gasteiger partial charge in [-0.15, -0.1) is 22.3 Å². The molecule has 9 aromatic carbocycles. The standard InChI is InChI=1S/C54H27B7N2S/c55-46-43(47(56)51(60)53-44(46)45-48(57)49(58)50(59)52(61)54(45)63(53)34-21-24-42-38(27-34)35-13-7-8-14-41(35)64-42)32-18-23-40-37(26-32)36-25-31(29-11-5-2-6-12-29)17-22-39(36)62(40)33-19-15-30(16-20-33)28-9-3-1-4-10-28/h1-27H. The van der Waals surface area contributed by atoms with Crippen molar-refractivity contribution in [2.75, 3.05) is 0 Å². The third kappa shape index (κ3) is 5.68. The Balaban J connectivity index is 1.12. The summed E-state index contributed by atoms with van der Waals surface area (Å²) in [6.45, 7) is 0. The molecular formula is C54H27B7N2S. The Morgan fingerprint density at radius 3 is 1.50 bits per heavy atom. The van der Waals surface area contributed by atoms with E-state index in [1.807, 2.05) is 28.8 Å². The highest BCUT2D eigenvalue weighted by molar-refractivity contribution is 7.25. The zero-order valence-corrected chi connectivity index (χ0v) is 35.2. The molecule has 0 aliphatic carbocycles. The lowest BCUT2D eigenvalue weighted by Gasteiger charge is -2.19. The van der Waals surface area contributed by atoms with Crippen LogP contribution in [0.4, 0.5) is 0 Å². The molecule has 14 radical (unpaired) electrons. The van der Waals surface area contributed by atoms with E-state index >= 15 is 0 Å². The van der Waals surface area contributed by atoms with Crippen LogP contribution in [0.1, 0.15) is 0 Å². The van der Waals surface area contributed by atoms with Crippen LogP contribution in [0.2, 0.25) is 0 Å². The maximum Gasteiger partial charge on any atom is 0.115 e. The number of hydrogen-bond donors (Lipinski definition) is 0. The van der Waals surface area contributed by atoms with Crippen LogP contribution in [0.3, 0.4) is 0 Å². The Morgan fingerprint density at radius 2 is 0.812 bits per heavy atom. The molecule has 12 rings (SSSR count). The largest absolute Gasteiger partial charge is 0.311 e. The fourth-order valence-electron chi connectivity index (χ4n) is 9.81. The van der Waals surface area contributed by atoms with Gasteiger partial charge in [-0.2, -0.15) is 0 Å². The molecule has 0 bridgehead atoms. The zero-order valence-electron chi connectivity index (χ0n) is 34.4. The van der Waals surface area contributed by atoms with Crippen molar-refractivity contribution in [1.29, 1.82) is 0 Å². The first-order chi connectivity index (χ1) is 31.2. The van der Waals surface area contributed by atoms with Crippen LogP contribution in [0.25, 0.3) is 109 Å². The number of rotatable bonds is 5. The van der Waals surface area contributed by atoms with E-state index in [-0.39, 0.29) is 21.9 Å². The van der Waals surface area contributed by atoms with Gasteiger partial charge in [0.15, 0.2) is 0 Å². The number of thiophene rings is 1. The third-order valence-corrected chi connectivity index (χ3v) is 14.1. The molecule has 0 atom stereocenters. The topological polar surface area (TPSA) is 9.86 Å². The summed E-state index contributed by atoms with van der Waals surface area (Å²) in [6, 6.07) is 57.1. The predicted octanol–water partition coefficient (Wildman–Crippen LogP) is 6.81. The normalized spacial score (nSPS) is 11.9. The van der Waals surface area contributed by atoms with E-state index in [0.717, 1.165) is 76.5 Å². The molecular weight excluding hydrogens is 784 g/mol. The highest BCUT2D eigenvalue weighted by Crippen LogP contribution is 2.40. The van der Waals surface area contributed by atoms with Gasteiger partial charge in [0.05, 0.1) is 11.0 Å². The third-order valence-electron chi connectivity index (χ3n) is 12.9. The molecule has 10 heteroatoms. The summed E-state index contributed by atoms with van der Waals surface area (Å²) in [5, 5.41) is 5.49. The SMILES string of the molecule is [B]c1c([B])c([B])c2c(c1[B])c1c([B])c(-c3ccc4c(c3)c3cc(-c5ccccc5)ccc3n4-c3ccc(-c4ccccc4)cc3)c([B])c([B])c1n2-c1ccc2sc3ccccc3c2c1. The molecule has 64 heavy (non-hydrogen) atoms. The zero-order chi connectivity index (χ0) is 43.5. The minimum absolute atomic E-state index is 0.180. The molecule has 0 saturated carbocycles. The maximum atomic E-state index is 7.43. The Kier molecular flexibility index (Phi) is 8.91. The molecule has 0 spiro atoms. The fraction of sp³-hybridized carbons (Fsp3) is 0. The van der Waals surface area contributed by atoms with Gasteiger partial charge in [-0.3, -0.25) is 0 Å². The molecule has 0 N–H and O–H groups in total. The van der Waals surface area contributed by atoms with Crippen LogP contribution in [-0.4, -0.2) is 64.1 Å². The van der Waals surface area contributed by atoms with E-state index in [1.54, 1.807) is 11.3 Å². The number of nitrogens with zero attached hydrogens (tertiary/aromatic N) is 2. The van der Waals surface area contributed by atoms with Gasteiger partial charge >= 0.3 is 0 Å². The van der Waals surface area contributed by atoms with Crippen LogP contribution in [0.15, 0.2) is 164 Å². The highest BCUT2D eigenvalue weighted by atomic mass is 32.1. The van der Waals surface area contributed by atoms with Gasteiger partial charge in [0.2, 0.25) is 0 Å². The van der Waals surface area contributed by atoms with Gasteiger partial charge in [-0.25, -0.2) is 0 Å². The monoisotopic (exact) mass is 812 g/mol. The Morgan fingerprint density at radius 1 is 0.312 bits per heavy atom. The first-order valence-corrected chi connectivity index (χ1v) is 21.8. The fourth-order valence-corrected chi connectivity index (χ4v) is 10.9. The lowest BCUT2D eigenvalue weighted by atomic mass is 9.64. The van der Waals surface area contributed by atoms with Gasteiger partial charge in [0.25, 0.3) is 0 Å². The van der Waals surface area contributed by atoms with Crippen LogP contribution in [0.5, 0.6) is 0 Å². The lowest BCUT2D eigenvalue weighted by molar-refractivity contribution is 1.18. The van der Waals surface area contributed by atoms with E-state index in [0.29, 0.717) is 43.8 Å². The van der Waals surface area contributed by atoms with Crippen molar-refractivity contribution < 1.29 is 0 Å². The Bertz CT molecular complexity index is 3910. The molecule has 0 amide bonds. The van der Waals surface area contributed by atoms with Crippen molar-refractivity contribution in [3.63, 3.8) is 0 Å². The van der Waals surface area contributed by atoms with Crippen molar-refractivity contribution in [1.82, 2.24) is 9.13 Å². The average molecular weight is 812 g/mol. The summed E-state index contributed by atoms with van der Waals surface area (Å²) in [5.41, 5.74) is 12.9. The summed E-state index contributed by atoms with van der Waals surface area (Å²) < 4.78 is 6.62. The smallest absolute Gasteiger partial charge is 0.115 e. The highest BCUT2D eigenvalue weighted by Gasteiger charge is 2.25. The first kappa shape index (κ1) is 38.9. The van der Waals surface area contributed by atoms with Crippen molar-refractivity contribution in [2.24, 2.45) is 0 Å². The molecule has 3 aromatic heterocycles. The molecule has 0 aliphatic rings. The second-order valence-corrected chi connectivity index (χ2v) is 17.5. The molecule has 2 nitrogen and oxygen atoms in total. The second-order valence-electron chi connectivity index (χ2n) is 16.4. The van der Waals surface area contributed by atoms with Gasteiger partial charge in [-0.05, 0) is 99.4 Å². The number of hydrogen-bond acceptors (Lipinski definition) is 1. The van der Waals surface area contributed by atoms with Crippen LogP contribution >= 0.6 is 11.3 Å². The van der Waals surface area contributed by atoms with Crippen molar-refractivity contribution in [3.8, 4) is 44.8 Å². The van der Waals surface area contributed by atoms with Crippen molar-refractivity contribution in [2.45, 2.75) is 0 Å². The van der Waals surface area contributed by atoms with Crippen LogP contribution < -0.4 is 38.2 Å². The van der Waals surface area contributed by atoms with E-state index in [4.69, 9.17) is 54.9 Å². The van der Waals surface area contributed by atoms with E-state index in [9.17, 15) is 0 Å². The average Bonchev–Trinajstić information content (AvgIpc) is 4.00. The van der Waals surface area contributed by atoms with Crippen LogP contribution in [-0.2, 0) is 0 Å². The van der Waals surface area contributed by atoms with E-state index < -0.39 is 0 Å². The number of benzene rings is 9. The lowest BCUT2D eigenvalue weighted by Crippen LogP contribution is -2.48. The first-order valence-electron chi connectivity index (χ1n) is 21.0. The molecule has 0 aliphatic heterocycles. The molecule has 0 saturated heterocycles. The predicted molar refractivity (Wildman–Crippen MR) is 282 cm³/mol. The quantitative estimate of drug-likeness (QED) is 0.169. The van der Waals surface area contributed by atoms with E-state index in [1.165, 1.54) is 4.70 Å². The summed E-state index contributed by atoms with van der Waals surface area (Å²) in [7, 11) is 48.9. The minimum atomic E-state index is 0.180. The van der Waals surface area contributed by atoms with Gasteiger partial charge in [0, 0.05) is 58.7 Å². The van der Waals surface area contributed by atoms with E-state index in [2.05, 4.69) is 144 Å². The maximum absolute atomic E-state index is 7.43. The molecule has 12 aromatic rings. The molecule has 0 fully saturated rings. The second kappa shape index (κ2) is 14.7. The summed E-state index contributed by atoms with van der Waals surface area (Å²) in [4.78, 5) is 0. The van der Waals surface area contributed by atoms with Gasteiger partial charge in [-0.1, -0.05) is 130 Å². The Labute approximate surface area is 383 Å². The number of fused-ring (bicyclic) bond motifs is 9. The van der Waals surface area contributed by atoms with Crippen molar-refractivity contribution >= 4 is 168 Å². The van der Waals surface area contributed by atoms with Crippen LogP contribution in [0, 0.1) is 0 Å². The summed E-state index contributed by atoms with van der Waals surface area (Å²) >= 11 is 1.74.